The summed E-state index contributed by atoms with van der Waals surface area (Å²) in [6.07, 6.45) is 9.09. The number of aliphatic hydroxyl groups excluding tert-OH is 2. The highest BCUT2D eigenvalue weighted by Gasteiger charge is 2.65. The average molecular weight is 544 g/mol. The zero-order chi connectivity index (χ0) is 24.7. The summed E-state index contributed by atoms with van der Waals surface area (Å²) in [5, 5.41) is 24.2. The van der Waals surface area contributed by atoms with Crippen LogP contribution in [0.5, 0.6) is 0 Å². The molecule has 4 saturated carbocycles. The summed E-state index contributed by atoms with van der Waals surface area (Å²) in [5.41, 5.74) is -0.00700. The van der Waals surface area contributed by atoms with Gasteiger partial charge < -0.3 is 19.7 Å². The fourth-order valence-electron chi connectivity index (χ4n) is 9.22. The first-order chi connectivity index (χ1) is 16.2. The highest BCUT2D eigenvalue weighted by Crippen LogP contribution is 2.68. The van der Waals surface area contributed by atoms with Crippen molar-refractivity contribution in [3.05, 3.63) is 0 Å². The number of carbonyl (C=O) groups excluding carboxylic acids is 1. The van der Waals surface area contributed by atoms with E-state index in [2.05, 4.69) is 36.7 Å². The number of hydrogen-bond donors (Lipinski definition) is 2. The number of hydrogen-bond acceptors (Lipinski definition) is 5. The monoisotopic (exact) mass is 542 g/mol. The van der Waals surface area contributed by atoms with E-state index in [1.54, 1.807) is 0 Å². The Hall–Kier alpha value is -0.170. The molecule has 0 aromatic heterocycles. The molecule has 0 unspecified atom stereocenters. The smallest absolute Gasteiger partial charge is 0.305 e. The second-order valence-electron chi connectivity index (χ2n) is 12.5. The second kappa shape index (κ2) is 10.7. The van der Waals surface area contributed by atoms with Gasteiger partial charge in [-0.05, 0) is 104 Å². The van der Waals surface area contributed by atoms with Gasteiger partial charge in [0, 0.05) is 18.4 Å². The predicted octanol–water partition coefficient (Wildman–Crippen LogP) is 5.35. The molecule has 0 saturated heterocycles. The van der Waals surface area contributed by atoms with E-state index in [-0.39, 0.29) is 34.9 Å². The number of halogens is 1. The lowest BCUT2D eigenvalue weighted by atomic mass is 9.43. The van der Waals surface area contributed by atoms with Crippen LogP contribution in [0.4, 0.5) is 0 Å². The van der Waals surface area contributed by atoms with E-state index in [0.717, 1.165) is 69.7 Å². The number of alkyl halides is 1. The number of carbonyl (C=O) groups is 1. The van der Waals surface area contributed by atoms with Crippen molar-refractivity contribution in [3.8, 4) is 0 Å². The lowest BCUT2D eigenvalue weighted by molar-refractivity contribution is -0.209. The summed E-state index contributed by atoms with van der Waals surface area (Å²) in [4.78, 5) is 11.7. The number of ether oxygens (including phenoxy) is 2. The van der Waals surface area contributed by atoms with Gasteiger partial charge in [-0.15, -0.1) is 0 Å². The number of aliphatic hydroxyl groups is 2. The van der Waals surface area contributed by atoms with E-state index < -0.39 is 0 Å². The first-order valence-corrected chi connectivity index (χ1v) is 14.9. The van der Waals surface area contributed by atoms with Crippen LogP contribution in [0.3, 0.4) is 0 Å². The molecule has 196 valence electrons. The Morgan fingerprint density at radius 3 is 2.59 bits per heavy atom. The number of esters is 1. The minimum atomic E-state index is -0.345. The molecule has 4 aliphatic carbocycles. The normalized spacial score (nSPS) is 46.8. The van der Waals surface area contributed by atoms with E-state index in [1.807, 2.05) is 0 Å². The Morgan fingerprint density at radius 2 is 1.88 bits per heavy atom. The Morgan fingerprint density at radius 1 is 1.12 bits per heavy atom. The molecule has 0 amide bonds. The van der Waals surface area contributed by atoms with Crippen LogP contribution < -0.4 is 0 Å². The van der Waals surface area contributed by atoms with Gasteiger partial charge in [-0.2, -0.15) is 0 Å². The first-order valence-electron chi connectivity index (χ1n) is 13.8. The van der Waals surface area contributed by atoms with E-state index in [9.17, 15) is 15.0 Å². The predicted molar refractivity (Wildman–Crippen MR) is 137 cm³/mol. The molecule has 0 spiro atoms. The molecular weight excluding hydrogens is 496 g/mol. The molecule has 6 heteroatoms. The van der Waals surface area contributed by atoms with Gasteiger partial charge in [0.2, 0.25) is 0 Å². The highest BCUT2D eigenvalue weighted by molar-refractivity contribution is 9.09. The van der Waals surface area contributed by atoms with Crippen LogP contribution in [0.1, 0.15) is 85.0 Å². The lowest BCUT2D eigenvalue weighted by Crippen LogP contribution is -2.62. The molecule has 5 nitrogen and oxygen atoms in total. The van der Waals surface area contributed by atoms with Gasteiger partial charge in [-0.3, -0.25) is 4.79 Å². The minimum Gasteiger partial charge on any atom is -0.469 e. The molecule has 4 aliphatic rings. The summed E-state index contributed by atoms with van der Waals surface area (Å²) >= 11 is 3.49. The minimum absolute atomic E-state index is 0.149. The van der Waals surface area contributed by atoms with Crippen LogP contribution in [0, 0.1) is 46.3 Å². The van der Waals surface area contributed by atoms with Gasteiger partial charge >= 0.3 is 5.97 Å². The van der Waals surface area contributed by atoms with Crippen molar-refractivity contribution in [1.29, 1.82) is 0 Å². The molecule has 0 radical (unpaired) electrons. The fraction of sp³-hybridized carbons (Fsp3) is 0.964. The van der Waals surface area contributed by atoms with Crippen LogP contribution in [-0.2, 0) is 14.3 Å². The van der Waals surface area contributed by atoms with Crippen molar-refractivity contribution in [2.24, 2.45) is 46.3 Å². The summed E-state index contributed by atoms with van der Waals surface area (Å²) < 4.78 is 11.1. The molecule has 0 aromatic carbocycles. The van der Waals surface area contributed by atoms with Gasteiger partial charge in [-0.1, -0.05) is 36.7 Å². The zero-order valence-electron chi connectivity index (χ0n) is 21.7. The van der Waals surface area contributed by atoms with Gasteiger partial charge in [0.1, 0.15) is 0 Å². The number of methoxy groups -OCH3 is 1. The molecule has 0 aliphatic heterocycles. The quantitative estimate of drug-likeness (QED) is 0.245. The number of rotatable bonds is 8. The molecule has 0 aromatic rings. The van der Waals surface area contributed by atoms with E-state index in [1.165, 1.54) is 7.11 Å². The molecule has 11 atom stereocenters. The van der Waals surface area contributed by atoms with Crippen LogP contribution in [0.25, 0.3) is 0 Å². The Kier molecular flexibility index (Phi) is 8.44. The first kappa shape index (κ1) is 26.9. The fourth-order valence-corrected chi connectivity index (χ4v) is 9.45. The molecule has 4 fully saturated rings. The molecule has 4 rings (SSSR count). The van der Waals surface area contributed by atoms with Crippen molar-refractivity contribution >= 4 is 21.9 Å². The lowest BCUT2D eigenvalue weighted by Gasteiger charge is -2.63. The summed E-state index contributed by atoms with van der Waals surface area (Å²) in [7, 11) is 1.45. The number of fused-ring (bicyclic) bond motifs is 5. The maximum Gasteiger partial charge on any atom is 0.305 e. The Balaban J connectivity index is 1.50. The van der Waals surface area contributed by atoms with Gasteiger partial charge in [0.25, 0.3) is 0 Å². The Bertz CT molecular complexity index is 717. The summed E-state index contributed by atoms with van der Waals surface area (Å²) in [6, 6.07) is 0. The summed E-state index contributed by atoms with van der Waals surface area (Å²) in [6.45, 7) is 7.80. The standard InChI is InChI=1S/C28H47BrO5/c1-17(6-9-25(32)33-4)20-7-8-21-26-22(16-24(31)28(20,21)3)27(2)11-10-19(34-13-5-12-29)14-18(27)15-23(26)30/h17-24,26,30-31H,5-16H2,1-4H3/t17-,18+,19-,20-,21+,22+,23-,24+,26+,27+,28-/m1/s1. The molecule has 2 N–H and O–H groups in total. The molecule has 34 heavy (non-hydrogen) atoms. The van der Waals surface area contributed by atoms with Gasteiger partial charge in [0.05, 0.1) is 25.4 Å². The maximum atomic E-state index is 11.7. The largest absolute Gasteiger partial charge is 0.469 e. The third kappa shape index (κ3) is 4.63. The van der Waals surface area contributed by atoms with Gasteiger partial charge in [-0.25, -0.2) is 0 Å². The molecule has 0 bridgehead atoms. The SMILES string of the molecule is COC(=O)CC[C@@H](C)[C@H]1CC[C@H]2[C@@H]3[C@H](O)C[C@@H]4C[C@H](OCCCBr)CC[C@]4(C)[C@H]3C[C@H](O)[C@]12C. The van der Waals surface area contributed by atoms with Crippen LogP contribution >= 0.6 is 15.9 Å². The Labute approximate surface area is 214 Å². The summed E-state index contributed by atoms with van der Waals surface area (Å²) in [5.74, 6) is 2.07. The maximum absolute atomic E-state index is 11.7. The molecular formula is C28H47BrO5. The molecule has 0 heterocycles. The highest BCUT2D eigenvalue weighted by atomic mass is 79.9. The zero-order valence-corrected chi connectivity index (χ0v) is 23.3. The topological polar surface area (TPSA) is 76.0 Å². The average Bonchev–Trinajstić information content (AvgIpc) is 3.17. The van der Waals surface area contributed by atoms with E-state index in [0.29, 0.717) is 42.1 Å². The second-order valence-corrected chi connectivity index (χ2v) is 13.3. The van der Waals surface area contributed by atoms with Crippen molar-refractivity contribution < 1.29 is 24.5 Å². The van der Waals surface area contributed by atoms with Crippen molar-refractivity contribution in [3.63, 3.8) is 0 Å². The van der Waals surface area contributed by atoms with Crippen molar-refractivity contribution in [2.75, 3.05) is 19.0 Å². The third-order valence-electron chi connectivity index (χ3n) is 11.2. The van der Waals surface area contributed by atoms with E-state index >= 15 is 0 Å². The van der Waals surface area contributed by atoms with Gasteiger partial charge in [0.15, 0.2) is 0 Å². The van der Waals surface area contributed by atoms with Crippen LogP contribution in [0.15, 0.2) is 0 Å². The van der Waals surface area contributed by atoms with Crippen molar-refractivity contribution in [1.82, 2.24) is 0 Å². The van der Waals surface area contributed by atoms with E-state index in [4.69, 9.17) is 9.47 Å². The van der Waals surface area contributed by atoms with Crippen LogP contribution in [0.2, 0.25) is 0 Å². The van der Waals surface area contributed by atoms with Crippen molar-refractivity contribution in [2.45, 2.75) is 103 Å². The van der Waals surface area contributed by atoms with Crippen LogP contribution in [-0.4, -0.2) is 53.5 Å². The third-order valence-corrected chi connectivity index (χ3v) is 11.7.